The molecule has 0 saturated carbocycles. The zero-order chi connectivity index (χ0) is 19.3. The lowest BCUT2D eigenvalue weighted by Crippen LogP contribution is -2.24. The van der Waals surface area contributed by atoms with Crippen LogP contribution >= 0.6 is 0 Å². The average Bonchev–Trinajstić information content (AvgIpc) is 3.38. The van der Waals surface area contributed by atoms with Crippen LogP contribution in [0.15, 0.2) is 42.7 Å². The number of carbonyl (C=O) groups is 2. The Kier molecular flexibility index (Phi) is 5.67. The van der Waals surface area contributed by atoms with E-state index in [9.17, 15) is 9.59 Å². The van der Waals surface area contributed by atoms with E-state index in [-0.39, 0.29) is 11.8 Å². The highest BCUT2D eigenvalue weighted by atomic mass is 16.2. The molecule has 28 heavy (non-hydrogen) atoms. The van der Waals surface area contributed by atoms with Crippen molar-refractivity contribution >= 4 is 17.5 Å². The summed E-state index contributed by atoms with van der Waals surface area (Å²) in [5.74, 6) is 0.695. The summed E-state index contributed by atoms with van der Waals surface area (Å²) in [4.78, 5) is 30.4. The van der Waals surface area contributed by atoms with Gasteiger partial charge >= 0.3 is 0 Å². The van der Waals surface area contributed by atoms with Gasteiger partial charge in [0, 0.05) is 37.6 Å². The molecule has 0 radical (unpaired) electrons. The van der Waals surface area contributed by atoms with Crippen molar-refractivity contribution in [3.63, 3.8) is 0 Å². The monoisotopic (exact) mass is 378 g/mol. The summed E-state index contributed by atoms with van der Waals surface area (Å²) in [6, 6.07) is 9.76. The van der Waals surface area contributed by atoms with Gasteiger partial charge in [-0.2, -0.15) is 0 Å². The molecule has 4 rings (SSSR count). The normalized spacial score (nSPS) is 19.2. The summed E-state index contributed by atoms with van der Waals surface area (Å²) in [5, 5.41) is 6.33. The largest absolute Gasteiger partial charge is 0.348 e. The maximum atomic E-state index is 12.5. The van der Waals surface area contributed by atoms with E-state index in [1.807, 2.05) is 41.4 Å². The molecule has 1 unspecified atom stereocenters. The first kappa shape index (κ1) is 18.6. The van der Waals surface area contributed by atoms with E-state index in [1.165, 1.54) is 6.42 Å². The molecule has 2 saturated heterocycles. The number of aromatic nitrogens is 1. The number of nitrogens with one attached hydrogen (secondary N) is 2. The Morgan fingerprint density at radius 2 is 2.07 bits per heavy atom. The molecule has 3 heterocycles. The molecule has 146 valence electrons. The minimum Gasteiger partial charge on any atom is -0.348 e. The van der Waals surface area contributed by atoms with Gasteiger partial charge in [0.25, 0.3) is 5.91 Å². The summed E-state index contributed by atoms with van der Waals surface area (Å²) in [5.41, 5.74) is 3.64. The van der Waals surface area contributed by atoms with Gasteiger partial charge in [-0.1, -0.05) is 12.1 Å². The summed E-state index contributed by atoms with van der Waals surface area (Å²) in [7, 11) is 0. The number of carbonyl (C=O) groups excluding carboxylic acids is 2. The van der Waals surface area contributed by atoms with E-state index in [4.69, 9.17) is 0 Å². The van der Waals surface area contributed by atoms with Crippen LogP contribution in [0.5, 0.6) is 0 Å². The fraction of sp³-hybridized carbons (Fsp3) is 0.409. The molecule has 2 amide bonds. The zero-order valence-electron chi connectivity index (χ0n) is 16.0. The van der Waals surface area contributed by atoms with Crippen molar-refractivity contribution in [1.29, 1.82) is 0 Å². The molecule has 1 aromatic carbocycles. The molecule has 2 aliphatic heterocycles. The van der Waals surface area contributed by atoms with Gasteiger partial charge in [0.2, 0.25) is 5.91 Å². The zero-order valence-corrected chi connectivity index (χ0v) is 16.0. The quantitative estimate of drug-likeness (QED) is 0.809. The molecule has 0 bridgehead atoms. The number of anilines is 1. The average molecular weight is 378 g/mol. The molecule has 6 heteroatoms. The first-order chi connectivity index (χ1) is 13.7. The predicted octanol–water partition coefficient (Wildman–Crippen LogP) is 2.29. The van der Waals surface area contributed by atoms with E-state index in [2.05, 4.69) is 15.6 Å². The van der Waals surface area contributed by atoms with Crippen molar-refractivity contribution in [2.24, 2.45) is 5.92 Å². The van der Waals surface area contributed by atoms with E-state index >= 15 is 0 Å². The lowest BCUT2D eigenvalue weighted by Gasteiger charge is -2.16. The number of pyridine rings is 1. The fourth-order valence-corrected chi connectivity index (χ4v) is 3.94. The lowest BCUT2D eigenvalue weighted by atomic mass is 9.99. The summed E-state index contributed by atoms with van der Waals surface area (Å²) in [6.07, 6.45) is 7.15. The van der Waals surface area contributed by atoms with Crippen LogP contribution in [0.25, 0.3) is 0 Å². The van der Waals surface area contributed by atoms with Gasteiger partial charge in [0.1, 0.15) is 0 Å². The molecular formula is C22H26N4O2. The van der Waals surface area contributed by atoms with Gasteiger partial charge in [-0.15, -0.1) is 0 Å². The fourth-order valence-electron chi connectivity index (χ4n) is 3.94. The number of rotatable bonds is 6. The highest BCUT2D eigenvalue weighted by Crippen LogP contribution is 2.21. The summed E-state index contributed by atoms with van der Waals surface area (Å²) < 4.78 is 0. The maximum absolute atomic E-state index is 12.5. The van der Waals surface area contributed by atoms with Gasteiger partial charge in [-0.25, -0.2) is 0 Å². The second kappa shape index (κ2) is 8.52. The molecular weight excluding hydrogens is 352 g/mol. The van der Waals surface area contributed by atoms with E-state index in [1.54, 1.807) is 6.20 Å². The predicted molar refractivity (Wildman–Crippen MR) is 108 cm³/mol. The van der Waals surface area contributed by atoms with Gasteiger partial charge in [0.15, 0.2) is 0 Å². The van der Waals surface area contributed by atoms with Gasteiger partial charge < -0.3 is 15.5 Å². The first-order valence-electron chi connectivity index (χ1n) is 10.0. The van der Waals surface area contributed by atoms with Crippen LogP contribution in [0, 0.1) is 5.92 Å². The number of amides is 2. The molecule has 1 atom stereocenters. The van der Waals surface area contributed by atoms with E-state index in [0.29, 0.717) is 24.4 Å². The molecule has 0 aliphatic carbocycles. The molecule has 0 spiro atoms. The van der Waals surface area contributed by atoms with E-state index in [0.717, 1.165) is 49.3 Å². The second-order valence-corrected chi connectivity index (χ2v) is 7.64. The maximum Gasteiger partial charge on any atom is 0.253 e. The van der Waals surface area contributed by atoms with Gasteiger partial charge in [0.05, 0.1) is 5.56 Å². The topological polar surface area (TPSA) is 74.3 Å². The van der Waals surface area contributed by atoms with E-state index < -0.39 is 0 Å². The smallest absolute Gasteiger partial charge is 0.253 e. The van der Waals surface area contributed by atoms with Crippen molar-refractivity contribution in [2.45, 2.75) is 32.2 Å². The number of benzene rings is 1. The van der Waals surface area contributed by atoms with Crippen molar-refractivity contribution < 1.29 is 9.59 Å². The highest BCUT2D eigenvalue weighted by molar-refractivity contribution is 5.95. The minimum absolute atomic E-state index is 0.113. The molecule has 2 N–H and O–H groups in total. The molecule has 2 aliphatic rings. The molecule has 2 fully saturated rings. The molecule has 2 aromatic rings. The van der Waals surface area contributed by atoms with Crippen LogP contribution < -0.4 is 15.5 Å². The lowest BCUT2D eigenvalue weighted by molar-refractivity contribution is -0.117. The first-order valence-corrected chi connectivity index (χ1v) is 10.0. The van der Waals surface area contributed by atoms with Crippen LogP contribution in [0.4, 0.5) is 5.69 Å². The third-order valence-electron chi connectivity index (χ3n) is 5.52. The highest BCUT2D eigenvalue weighted by Gasteiger charge is 2.21. The number of hydrogen-bond donors (Lipinski definition) is 2. The Hall–Kier alpha value is -2.73. The number of nitrogens with zero attached hydrogens (tertiary/aromatic N) is 2. The van der Waals surface area contributed by atoms with Gasteiger partial charge in [-0.05, 0) is 67.6 Å². The summed E-state index contributed by atoms with van der Waals surface area (Å²) >= 11 is 0. The van der Waals surface area contributed by atoms with Crippen LogP contribution in [-0.4, -0.2) is 36.4 Å². The van der Waals surface area contributed by atoms with Crippen LogP contribution in [0.1, 0.15) is 40.7 Å². The standard InChI is InChI=1S/C22H26N4O2/c27-21-2-1-9-26(21)20-5-3-16(4-6-20)14-25-22(28)19-11-18(13-24-15-19)10-17-7-8-23-12-17/h3-6,11,13,15,17,23H,1-2,7-10,12,14H2,(H,25,28). The van der Waals surface area contributed by atoms with Crippen molar-refractivity contribution in [2.75, 3.05) is 24.5 Å². The van der Waals surface area contributed by atoms with Crippen molar-refractivity contribution in [3.8, 4) is 0 Å². The second-order valence-electron chi connectivity index (χ2n) is 7.64. The molecule has 1 aromatic heterocycles. The number of hydrogen-bond acceptors (Lipinski definition) is 4. The SMILES string of the molecule is O=C(NCc1ccc(N2CCCC2=O)cc1)c1cncc(CC2CCNC2)c1. The van der Waals surface area contributed by atoms with Crippen LogP contribution in [0.2, 0.25) is 0 Å². The Morgan fingerprint density at radius 3 is 2.79 bits per heavy atom. The van der Waals surface area contributed by atoms with Crippen molar-refractivity contribution in [1.82, 2.24) is 15.6 Å². The third-order valence-corrected chi connectivity index (χ3v) is 5.52. The molecule has 6 nitrogen and oxygen atoms in total. The Bertz CT molecular complexity index is 844. The Morgan fingerprint density at radius 1 is 1.21 bits per heavy atom. The van der Waals surface area contributed by atoms with Crippen molar-refractivity contribution in [3.05, 3.63) is 59.4 Å². The summed E-state index contributed by atoms with van der Waals surface area (Å²) in [6.45, 7) is 3.34. The van der Waals surface area contributed by atoms with Crippen LogP contribution in [-0.2, 0) is 17.8 Å². The van der Waals surface area contributed by atoms with Crippen LogP contribution in [0.3, 0.4) is 0 Å². The third kappa shape index (κ3) is 4.39. The Balaban J connectivity index is 1.33. The Labute approximate surface area is 165 Å². The minimum atomic E-state index is -0.113. The van der Waals surface area contributed by atoms with Gasteiger partial charge in [-0.3, -0.25) is 14.6 Å².